The minimum atomic E-state index is -1.88. The van der Waals surface area contributed by atoms with Crippen molar-refractivity contribution in [3.05, 3.63) is 76.7 Å². The minimum absolute atomic E-state index is 0.0555. The summed E-state index contributed by atoms with van der Waals surface area (Å²) in [4.78, 5) is 40.2. The molecular formula is C27H28N4O5. The van der Waals surface area contributed by atoms with Gasteiger partial charge in [-0.3, -0.25) is 14.4 Å². The first-order valence-electron chi connectivity index (χ1n) is 12.1. The molecule has 9 heteroatoms. The Morgan fingerprint density at radius 2 is 2.08 bits per heavy atom. The summed E-state index contributed by atoms with van der Waals surface area (Å²) in [6.07, 6.45) is 6.68. The summed E-state index contributed by atoms with van der Waals surface area (Å²) in [6.45, 7) is 2.27. The van der Waals surface area contributed by atoms with Crippen molar-refractivity contribution in [3.8, 4) is 5.69 Å². The van der Waals surface area contributed by atoms with Gasteiger partial charge in [-0.25, -0.2) is 0 Å². The maximum atomic E-state index is 13.0. The van der Waals surface area contributed by atoms with Gasteiger partial charge < -0.3 is 20.4 Å². The molecule has 0 unspecified atom stereocenters. The first-order valence-corrected chi connectivity index (χ1v) is 12.1. The number of hydrogen-bond acceptors (Lipinski definition) is 6. The van der Waals surface area contributed by atoms with Crippen molar-refractivity contribution in [1.29, 1.82) is 0 Å². The van der Waals surface area contributed by atoms with Crippen molar-refractivity contribution in [2.75, 3.05) is 18.5 Å². The number of aliphatic hydroxyl groups is 2. The van der Waals surface area contributed by atoms with Gasteiger partial charge in [-0.2, -0.15) is 9.78 Å². The maximum Gasteiger partial charge on any atom is 0.279 e. The third-order valence-corrected chi connectivity index (χ3v) is 7.23. The number of aliphatic hydroxyl groups excluding tert-OH is 1. The molecule has 36 heavy (non-hydrogen) atoms. The number of aromatic nitrogens is 2. The van der Waals surface area contributed by atoms with E-state index in [-0.39, 0.29) is 30.5 Å². The van der Waals surface area contributed by atoms with Gasteiger partial charge >= 0.3 is 0 Å². The van der Waals surface area contributed by atoms with E-state index in [4.69, 9.17) is 0 Å². The summed E-state index contributed by atoms with van der Waals surface area (Å²) >= 11 is 0. The topological polar surface area (TPSA) is 125 Å². The van der Waals surface area contributed by atoms with E-state index < -0.39 is 17.4 Å². The number of rotatable bonds is 6. The molecule has 3 atom stereocenters. The van der Waals surface area contributed by atoms with E-state index in [9.17, 15) is 24.6 Å². The molecule has 2 aromatic carbocycles. The van der Waals surface area contributed by atoms with Crippen LogP contribution in [0.4, 0.5) is 5.69 Å². The predicted molar refractivity (Wildman–Crippen MR) is 135 cm³/mol. The van der Waals surface area contributed by atoms with E-state index in [1.165, 1.54) is 4.68 Å². The predicted octanol–water partition coefficient (Wildman–Crippen LogP) is 2.09. The monoisotopic (exact) mass is 488 g/mol. The van der Waals surface area contributed by atoms with Gasteiger partial charge in [-0.15, -0.1) is 0 Å². The Bertz CT molecular complexity index is 1430. The highest BCUT2D eigenvalue weighted by Gasteiger charge is 2.48. The minimum Gasteiger partial charge on any atom is -0.394 e. The van der Waals surface area contributed by atoms with Gasteiger partial charge in [0.25, 0.3) is 11.5 Å². The Hall–Kier alpha value is -3.82. The van der Waals surface area contributed by atoms with E-state index in [0.29, 0.717) is 28.9 Å². The lowest BCUT2D eigenvalue weighted by molar-refractivity contribution is -0.137. The fourth-order valence-electron chi connectivity index (χ4n) is 5.14. The van der Waals surface area contributed by atoms with Crippen LogP contribution in [-0.4, -0.2) is 55.9 Å². The molecule has 5 rings (SSSR count). The van der Waals surface area contributed by atoms with Gasteiger partial charge in [0.1, 0.15) is 0 Å². The number of amides is 2. The van der Waals surface area contributed by atoms with Gasteiger partial charge in [0, 0.05) is 35.5 Å². The number of fused-ring (bicyclic) bond motifs is 2. The average molecular weight is 489 g/mol. The van der Waals surface area contributed by atoms with Gasteiger partial charge in [-0.1, -0.05) is 37.3 Å². The third-order valence-electron chi connectivity index (χ3n) is 7.23. The highest BCUT2D eigenvalue weighted by molar-refractivity contribution is 6.05. The van der Waals surface area contributed by atoms with E-state index in [1.54, 1.807) is 60.5 Å². The molecule has 0 aliphatic carbocycles. The normalized spacial score (nSPS) is 22.2. The molecule has 0 spiro atoms. The zero-order valence-electron chi connectivity index (χ0n) is 19.9. The van der Waals surface area contributed by atoms with Crippen LogP contribution < -0.4 is 10.9 Å². The Morgan fingerprint density at radius 3 is 2.89 bits per heavy atom. The second-order valence-corrected chi connectivity index (χ2v) is 9.39. The molecular weight excluding hydrogens is 460 g/mol. The highest BCUT2D eigenvalue weighted by Crippen LogP contribution is 2.42. The van der Waals surface area contributed by atoms with Crippen molar-refractivity contribution < 1.29 is 19.8 Å². The lowest BCUT2D eigenvalue weighted by Gasteiger charge is -2.26. The molecule has 0 radical (unpaired) electrons. The molecule has 0 bridgehead atoms. The van der Waals surface area contributed by atoms with Gasteiger partial charge in [0.05, 0.1) is 29.9 Å². The molecule has 1 fully saturated rings. The van der Waals surface area contributed by atoms with E-state index in [2.05, 4.69) is 10.4 Å². The molecule has 9 nitrogen and oxygen atoms in total. The van der Waals surface area contributed by atoms with Crippen LogP contribution in [0.2, 0.25) is 0 Å². The van der Waals surface area contributed by atoms with Crippen molar-refractivity contribution in [2.24, 2.45) is 5.92 Å². The van der Waals surface area contributed by atoms with E-state index in [1.807, 2.05) is 12.1 Å². The van der Waals surface area contributed by atoms with Crippen LogP contribution in [0.3, 0.4) is 0 Å². The second kappa shape index (κ2) is 9.33. The molecule has 186 valence electrons. The summed E-state index contributed by atoms with van der Waals surface area (Å²) in [5.74, 6) is -1.32. The third kappa shape index (κ3) is 3.90. The number of likely N-dealkylation sites (tertiary alicyclic amines) is 1. The van der Waals surface area contributed by atoms with Crippen LogP contribution in [0.1, 0.15) is 31.7 Å². The summed E-state index contributed by atoms with van der Waals surface area (Å²) in [5, 5.41) is 29.2. The van der Waals surface area contributed by atoms with Crippen LogP contribution in [-0.2, 0) is 15.2 Å². The number of nitrogens with zero attached hydrogens (tertiary/aromatic N) is 3. The Kier molecular flexibility index (Phi) is 6.19. The molecule has 1 saturated heterocycles. The van der Waals surface area contributed by atoms with Crippen molar-refractivity contribution in [1.82, 2.24) is 14.7 Å². The average Bonchev–Trinajstić information content (AvgIpc) is 3.47. The fourth-order valence-corrected chi connectivity index (χ4v) is 5.14. The zero-order valence-corrected chi connectivity index (χ0v) is 19.9. The van der Waals surface area contributed by atoms with E-state index >= 15 is 0 Å². The van der Waals surface area contributed by atoms with Gasteiger partial charge in [-0.05, 0) is 37.1 Å². The molecule has 2 amide bonds. The molecule has 2 aliphatic heterocycles. The summed E-state index contributed by atoms with van der Waals surface area (Å²) in [5.41, 5.74) is -0.958. The summed E-state index contributed by atoms with van der Waals surface area (Å²) in [7, 11) is 0. The Morgan fingerprint density at radius 1 is 1.28 bits per heavy atom. The first-order chi connectivity index (χ1) is 17.3. The van der Waals surface area contributed by atoms with E-state index in [0.717, 1.165) is 18.2 Å². The van der Waals surface area contributed by atoms with Crippen molar-refractivity contribution >= 4 is 28.3 Å². The van der Waals surface area contributed by atoms with Crippen LogP contribution in [0.5, 0.6) is 0 Å². The zero-order chi connectivity index (χ0) is 25.4. The molecule has 3 aromatic rings. The van der Waals surface area contributed by atoms with Crippen LogP contribution in [0.25, 0.3) is 16.5 Å². The van der Waals surface area contributed by atoms with Crippen LogP contribution in [0, 0.1) is 5.92 Å². The molecule has 3 N–H and O–H groups in total. The molecule has 2 aliphatic rings. The van der Waals surface area contributed by atoms with Gasteiger partial charge in [0.15, 0.2) is 5.60 Å². The lowest BCUT2D eigenvalue weighted by Crippen LogP contribution is -2.40. The number of carbonyl (C=O) groups is 2. The maximum absolute atomic E-state index is 13.0. The van der Waals surface area contributed by atoms with Crippen LogP contribution >= 0.6 is 0 Å². The van der Waals surface area contributed by atoms with Crippen molar-refractivity contribution in [3.63, 3.8) is 0 Å². The number of nitrogens with one attached hydrogen (secondary N) is 1. The smallest absolute Gasteiger partial charge is 0.279 e. The number of carbonyl (C=O) groups excluding carboxylic acids is 2. The number of hydrogen-bond donors (Lipinski definition) is 3. The van der Waals surface area contributed by atoms with Crippen molar-refractivity contribution in [2.45, 2.75) is 37.8 Å². The SMILES string of the molecule is C[C@H](/C=C/CC(=O)N1CCC[C@H]1CO)[C@@]1(O)C(=O)Nc2ccc(-n3ncc4ccccc4c3=O)cc21. The highest BCUT2D eigenvalue weighted by atomic mass is 16.3. The summed E-state index contributed by atoms with van der Waals surface area (Å²) in [6, 6.07) is 11.9. The quantitative estimate of drug-likeness (QED) is 0.457. The van der Waals surface area contributed by atoms with Gasteiger partial charge in [0.2, 0.25) is 5.91 Å². The fraction of sp³-hybridized carbons (Fsp3) is 0.333. The molecule has 3 heterocycles. The summed E-state index contributed by atoms with van der Waals surface area (Å²) < 4.78 is 1.25. The largest absolute Gasteiger partial charge is 0.394 e. The number of anilines is 1. The molecule has 0 saturated carbocycles. The Labute approximate surface area is 207 Å². The lowest BCUT2D eigenvalue weighted by atomic mass is 9.82. The first kappa shape index (κ1) is 23.9. The Balaban J connectivity index is 1.42. The second-order valence-electron chi connectivity index (χ2n) is 9.39. The molecule has 1 aromatic heterocycles. The number of benzene rings is 2. The standard InChI is InChI=1S/C27H28N4O5/c1-17(6-4-10-24(33)30-13-5-8-20(30)16-32)27(36)22-14-19(11-12-23(22)29-26(27)35)31-25(34)21-9-3-2-7-18(21)15-28-31/h2-4,6-7,9,11-12,14-15,17,20,32,36H,5,8,10,13,16H2,1H3,(H,29,35)/b6-4+/t17-,20+,27+/m1/s1. The van der Waals surface area contributed by atoms with Crippen LogP contribution in [0.15, 0.2) is 65.6 Å².